The predicted octanol–water partition coefficient (Wildman–Crippen LogP) is 2.11. The van der Waals surface area contributed by atoms with Crippen molar-refractivity contribution in [2.24, 2.45) is 0 Å². The van der Waals surface area contributed by atoms with Gasteiger partial charge in [-0.05, 0) is 30.9 Å². The molecule has 0 unspecified atom stereocenters. The van der Waals surface area contributed by atoms with Gasteiger partial charge in [0.25, 0.3) is 10.1 Å². The van der Waals surface area contributed by atoms with E-state index in [1.807, 2.05) is 0 Å². The van der Waals surface area contributed by atoms with E-state index in [-0.39, 0.29) is 27.3 Å². The van der Waals surface area contributed by atoms with Gasteiger partial charge in [-0.15, -0.1) is 0 Å². The van der Waals surface area contributed by atoms with Gasteiger partial charge < -0.3 is 10.2 Å². The van der Waals surface area contributed by atoms with E-state index in [0.29, 0.717) is 10.9 Å². The quantitative estimate of drug-likeness (QED) is 0.688. The van der Waals surface area contributed by atoms with Gasteiger partial charge in [0, 0.05) is 5.56 Å². The summed E-state index contributed by atoms with van der Waals surface area (Å²) in [5.74, 6) is -0.448. The van der Waals surface area contributed by atoms with Gasteiger partial charge in [-0.25, -0.2) is 0 Å². The molecule has 0 aromatic heterocycles. The molecule has 0 heterocycles. The molecule has 2 aromatic carbocycles. The zero-order chi connectivity index (χ0) is 13.7. The van der Waals surface area contributed by atoms with Crippen LogP contribution in [-0.4, -0.2) is 23.2 Å². The zero-order valence-corrected chi connectivity index (χ0v) is 10.6. The largest absolute Gasteiger partial charge is 0.507 e. The van der Waals surface area contributed by atoms with Crippen molar-refractivity contribution in [1.29, 1.82) is 0 Å². The van der Waals surface area contributed by atoms with Crippen LogP contribution in [0.1, 0.15) is 11.1 Å². The number of phenolic OH excluding ortho intramolecular Hbond substituents is 2. The standard InChI is InChI=1S/C12H12O5S/c1-6-3-4-8-5-9(18(15,16)17)7(2)12(14)10(8)11(6)13/h3-5,13-14H,1-2H3,(H,15,16,17). The minimum atomic E-state index is -4.41. The van der Waals surface area contributed by atoms with E-state index in [9.17, 15) is 18.6 Å². The van der Waals surface area contributed by atoms with Gasteiger partial charge >= 0.3 is 0 Å². The molecule has 2 rings (SSSR count). The highest BCUT2D eigenvalue weighted by molar-refractivity contribution is 7.85. The van der Waals surface area contributed by atoms with Gasteiger partial charge in [-0.1, -0.05) is 12.1 Å². The van der Waals surface area contributed by atoms with Gasteiger partial charge in [0.05, 0.1) is 5.39 Å². The maximum absolute atomic E-state index is 11.2. The summed E-state index contributed by atoms with van der Waals surface area (Å²) in [5.41, 5.74) is 0.572. The van der Waals surface area contributed by atoms with Crippen LogP contribution in [0.15, 0.2) is 23.1 Å². The molecule has 0 spiro atoms. The van der Waals surface area contributed by atoms with Crippen LogP contribution in [0.3, 0.4) is 0 Å². The first kappa shape index (κ1) is 12.7. The number of aromatic hydroxyl groups is 2. The third-order valence-corrected chi connectivity index (χ3v) is 3.92. The van der Waals surface area contributed by atoms with E-state index in [4.69, 9.17) is 4.55 Å². The number of rotatable bonds is 1. The first-order valence-corrected chi connectivity index (χ1v) is 6.60. The monoisotopic (exact) mass is 268 g/mol. The number of hydrogen-bond acceptors (Lipinski definition) is 4. The van der Waals surface area contributed by atoms with Crippen LogP contribution in [0.4, 0.5) is 0 Å². The molecule has 0 aliphatic heterocycles. The summed E-state index contributed by atoms with van der Waals surface area (Å²) in [4.78, 5) is -0.365. The molecule has 0 saturated heterocycles. The fraction of sp³-hybridized carbons (Fsp3) is 0.167. The number of benzene rings is 2. The van der Waals surface area contributed by atoms with Crippen molar-refractivity contribution in [2.45, 2.75) is 18.7 Å². The molecular formula is C12H12O5S. The number of aryl methyl sites for hydroxylation is 1. The maximum Gasteiger partial charge on any atom is 0.294 e. The first-order valence-electron chi connectivity index (χ1n) is 5.16. The second-order valence-electron chi connectivity index (χ2n) is 4.15. The summed E-state index contributed by atoms with van der Waals surface area (Å²) < 4.78 is 31.4. The zero-order valence-electron chi connectivity index (χ0n) is 9.80. The van der Waals surface area contributed by atoms with E-state index in [0.717, 1.165) is 0 Å². The molecule has 0 bridgehead atoms. The lowest BCUT2D eigenvalue weighted by Crippen LogP contribution is -2.01. The highest BCUT2D eigenvalue weighted by Crippen LogP contribution is 2.39. The van der Waals surface area contributed by atoms with Crippen molar-refractivity contribution in [3.63, 3.8) is 0 Å². The first-order chi connectivity index (χ1) is 8.23. The number of phenols is 2. The fourth-order valence-corrected chi connectivity index (χ4v) is 2.66. The Hall–Kier alpha value is -1.79. The number of fused-ring (bicyclic) bond motifs is 1. The molecule has 0 saturated carbocycles. The topological polar surface area (TPSA) is 94.8 Å². The maximum atomic E-state index is 11.2. The summed E-state index contributed by atoms with van der Waals surface area (Å²) in [5, 5.41) is 20.4. The average molecular weight is 268 g/mol. The molecule has 2 aromatic rings. The van der Waals surface area contributed by atoms with Crippen molar-refractivity contribution in [3.8, 4) is 11.5 Å². The average Bonchev–Trinajstić information content (AvgIpc) is 2.26. The Labute approximate surface area is 104 Å². The molecule has 0 radical (unpaired) electrons. The van der Waals surface area contributed by atoms with Crippen LogP contribution >= 0.6 is 0 Å². The third kappa shape index (κ3) is 1.79. The van der Waals surface area contributed by atoms with Crippen LogP contribution < -0.4 is 0 Å². The van der Waals surface area contributed by atoms with E-state index in [1.54, 1.807) is 19.1 Å². The van der Waals surface area contributed by atoms with Crippen LogP contribution in [0, 0.1) is 13.8 Å². The third-order valence-electron chi connectivity index (χ3n) is 2.94. The molecule has 0 fully saturated rings. The van der Waals surface area contributed by atoms with Gasteiger partial charge in [-0.2, -0.15) is 8.42 Å². The molecule has 3 N–H and O–H groups in total. The Morgan fingerprint density at radius 2 is 1.67 bits per heavy atom. The van der Waals surface area contributed by atoms with Crippen LogP contribution in [0.5, 0.6) is 11.5 Å². The number of hydrogen-bond donors (Lipinski definition) is 3. The van der Waals surface area contributed by atoms with Crippen molar-refractivity contribution < 1.29 is 23.2 Å². The molecule has 18 heavy (non-hydrogen) atoms. The lowest BCUT2D eigenvalue weighted by atomic mass is 10.0. The van der Waals surface area contributed by atoms with Crippen molar-refractivity contribution in [3.05, 3.63) is 29.3 Å². The minimum absolute atomic E-state index is 0.00546. The van der Waals surface area contributed by atoms with Gasteiger partial charge in [-0.3, -0.25) is 4.55 Å². The van der Waals surface area contributed by atoms with Gasteiger partial charge in [0.1, 0.15) is 16.4 Å². The lowest BCUT2D eigenvalue weighted by molar-refractivity contribution is 0.454. The van der Waals surface area contributed by atoms with E-state index < -0.39 is 10.1 Å². The smallest absolute Gasteiger partial charge is 0.294 e. The highest BCUT2D eigenvalue weighted by Gasteiger charge is 2.20. The molecule has 0 atom stereocenters. The molecule has 96 valence electrons. The molecular weight excluding hydrogens is 256 g/mol. The van der Waals surface area contributed by atoms with Crippen molar-refractivity contribution >= 4 is 20.9 Å². The molecule has 0 aliphatic rings. The molecule has 6 heteroatoms. The van der Waals surface area contributed by atoms with E-state index >= 15 is 0 Å². The van der Waals surface area contributed by atoms with Crippen LogP contribution in [0.2, 0.25) is 0 Å². The minimum Gasteiger partial charge on any atom is -0.507 e. The predicted molar refractivity (Wildman–Crippen MR) is 66.6 cm³/mol. The SMILES string of the molecule is Cc1ccc2cc(S(=O)(=O)O)c(C)c(O)c2c1O. The summed E-state index contributed by atoms with van der Waals surface area (Å²) in [6, 6.07) is 4.39. The summed E-state index contributed by atoms with van der Waals surface area (Å²) >= 11 is 0. The van der Waals surface area contributed by atoms with Crippen LogP contribution in [0.25, 0.3) is 10.8 Å². The van der Waals surface area contributed by atoms with Gasteiger partial charge in [0.2, 0.25) is 0 Å². The molecule has 5 nitrogen and oxygen atoms in total. The Bertz CT molecular complexity index is 747. The summed E-state index contributed by atoms with van der Waals surface area (Å²) in [7, 11) is -4.41. The second kappa shape index (κ2) is 3.86. The van der Waals surface area contributed by atoms with Crippen LogP contribution in [-0.2, 0) is 10.1 Å². The van der Waals surface area contributed by atoms with E-state index in [2.05, 4.69) is 0 Å². The Morgan fingerprint density at radius 3 is 2.22 bits per heavy atom. The molecule has 0 aliphatic carbocycles. The highest BCUT2D eigenvalue weighted by atomic mass is 32.2. The van der Waals surface area contributed by atoms with Crippen molar-refractivity contribution in [2.75, 3.05) is 0 Å². The second-order valence-corrected chi connectivity index (χ2v) is 5.54. The van der Waals surface area contributed by atoms with E-state index in [1.165, 1.54) is 13.0 Å². The fourth-order valence-electron chi connectivity index (χ4n) is 1.90. The summed E-state index contributed by atoms with van der Waals surface area (Å²) in [6.45, 7) is 3.03. The summed E-state index contributed by atoms with van der Waals surface area (Å²) in [6.07, 6.45) is 0. The Balaban J connectivity index is 3.02. The lowest BCUT2D eigenvalue weighted by Gasteiger charge is -2.11. The normalized spacial score (nSPS) is 11.9. The molecule has 0 amide bonds. The van der Waals surface area contributed by atoms with Gasteiger partial charge in [0.15, 0.2) is 0 Å². The Kier molecular flexibility index (Phi) is 2.71. The van der Waals surface area contributed by atoms with Crippen molar-refractivity contribution in [1.82, 2.24) is 0 Å². The Morgan fingerprint density at radius 1 is 1.06 bits per heavy atom.